The predicted octanol–water partition coefficient (Wildman–Crippen LogP) is 3.46. The Balaban J connectivity index is 1.58. The maximum Gasteiger partial charge on any atom is 0.434 e. The van der Waals surface area contributed by atoms with Crippen molar-refractivity contribution in [3.05, 3.63) is 44.7 Å². The molecular weight excluding hydrogens is 531 g/mol. The molecule has 1 unspecified atom stereocenters. The number of aromatic nitrogens is 2. The number of anilines is 1. The number of fused-ring (bicyclic) bond motifs is 1. The van der Waals surface area contributed by atoms with E-state index in [1.54, 1.807) is 4.90 Å². The smallest absolute Gasteiger partial charge is 0.396 e. The highest BCUT2D eigenvalue weighted by Gasteiger charge is 2.37. The van der Waals surface area contributed by atoms with Gasteiger partial charge < -0.3 is 20.7 Å². The van der Waals surface area contributed by atoms with Crippen molar-refractivity contribution in [1.29, 1.82) is 0 Å². The Labute approximate surface area is 219 Å². The molecule has 36 heavy (non-hydrogen) atoms. The van der Waals surface area contributed by atoms with Crippen molar-refractivity contribution in [2.75, 3.05) is 18.8 Å². The SMILES string of the molecule is Nc1c(Cl)cc(S(=O)(=O)NC(CCn2ccnc2[N+](=O)[O-])C(=O)N2CC[C@@H]3CCCC[C@@H]3C2)cc1Cl. The maximum atomic E-state index is 13.6. The van der Waals surface area contributed by atoms with Crippen LogP contribution in [-0.2, 0) is 21.4 Å². The first kappa shape index (κ1) is 26.6. The van der Waals surface area contributed by atoms with E-state index in [0.29, 0.717) is 24.9 Å². The number of nitrogen functional groups attached to an aromatic ring is 1. The Bertz CT molecular complexity index is 1230. The molecule has 3 atom stereocenters. The zero-order chi connectivity index (χ0) is 26.0. The quantitative estimate of drug-likeness (QED) is 0.285. The van der Waals surface area contributed by atoms with Crippen LogP contribution in [0.3, 0.4) is 0 Å². The van der Waals surface area contributed by atoms with Crippen LogP contribution in [0.4, 0.5) is 11.6 Å². The van der Waals surface area contributed by atoms with Crippen LogP contribution in [0.25, 0.3) is 0 Å². The molecule has 1 saturated carbocycles. The van der Waals surface area contributed by atoms with E-state index in [1.807, 2.05) is 0 Å². The fourth-order valence-corrected chi connectivity index (χ4v) is 7.03. The lowest BCUT2D eigenvalue weighted by molar-refractivity contribution is -0.396. The minimum absolute atomic E-state index is 0.0123. The molecule has 4 rings (SSSR count). The van der Waals surface area contributed by atoms with Crippen molar-refractivity contribution in [1.82, 2.24) is 19.2 Å². The van der Waals surface area contributed by atoms with Gasteiger partial charge in [-0.15, -0.1) is 0 Å². The zero-order valence-corrected chi connectivity index (χ0v) is 21.8. The second kappa shape index (κ2) is 10.9. The maximum absolute atomic E-state index is 13.6. The Morgan fingerprint density at radius 2 is 1.89 bits per heavy atom. The number of amides is 1. The lowest BCUT2D eigenvalue weighted by Crippen LogP contribution is -2.53. The molecule has 0 radical (unpaired) electrons. The molecule has 1 aliphatic heterocycles. The van der Waals surface area contributed by atoms with Crippen LogP contribution in [0.15, 0.2) is 29.4 Å². The van der Waals surface area contributed by atoms with Crippen molar-refractivity contribution in [3.63, 3.8) is 0 Å². The molecule has 2 heterocycles. The number of sulfonamides is 1. The van der Waals surface area contributed by atoms with Gasteiger partial charge in [-0.2, -0.15) is 4.72 Å². The van der Waals surface area contributed by atoms with Crippen LogP contribution >= 0.6 is 23.2 Å². The Hall–Kier alpha value is -2.41. The molecule has 1 aromatic carbocycles. The Morgan fingerprint density at radius 3 is 2.56 bits per heavy atom. The van der Waals surface area contributed by atoms with Gasteiger partial charge in [0.15, 0.2) is 0 Å². The fourth-order valence-electron chi connectivity index (χ4n) is 5.14. The molecule has 1 saturated heterocycles. The van der Waals surface area contributed by atoms with E-state index in [1.165, 1.54) is 35.5 Å². The van der Waals surface area contributed by atoms with Crippen LogP contribution in [-0.4, -0.2) is 52.8 Å². The minimum atomic E-state index is -4.23. The highest BCUT2D eigenvalue weighted by atomic mass is 35.5. The first-order valence-electron chi connectivity index (χ1n) is 11.8. The number of nitro groups is 1. The van der Waals surface area contributed by atoms with Gasteiger partial charge in [-0.3, -0.25) is 4.79 Å². The first-order valence-corrected chi connectivity index (χ1v) is 14.0. The molecule has 11 nitrogen and oxygen atoms in total. The van der Waals surface area contributed by atoms with E-state index in [9.17, 15) is 23.3 Å². The number of rotatable bonds is 8. The Kier molecular flexibility index (Phi) is 8.08. The van der Waals surface area contributed by atoms with Gasteiger partial charge in [-0.25, -0.2) is 13.0 Å². The van der Waals surface area contributed by atoms with Crippen LogP contribution in [0.1, 0.15) is 38.5 Å². The molecule has 1 aromatic heterocycles. The zero-order valence-electron chi connectivity index (χ0n) is 19.5. The summed E-state index contributed by atoms with van der Waals surface area (Å²) in [6, 6.07) is 1.18. The second-order valence-corrected chi connectivity index (χ2v) is 11.8. The molecule has 3 N–H and O–H groups in total. The molecule has 1 amide bonds. The summed E-state index contributed by atoms with van der Waals surface area (Å²) >= 11 is 12.1. The van der Waals surface area contributed by atoms with Crippen LogP contribution in [0, 0.1) is 22.0 Å². The average Bonchev–Trinajstić information content (AvgIpc) is 3.33. The van der Waals surface area contributed by atoms with Gasteiger partial charge in [-0.1, -0.05) is 47.4 Å². The third-order valence-electron chi connectivity index (χ3n) is 7.08. The number of benzene rings is 1. The third-order valence-corrected chi connectivity index (χ3v) is 9.15. The summed E-state index contributed by atoms with van der Waals surface area (Å²) in [4.78, 5) is 29.4. The molecule has 196 valence electrons. The molecule has 2 aliphatic rings. The van der Waals surface area contributed by atoms with Gasteiger partial charge in [0.1, 0.15) is 18.4 Å². The van der Waals surface area contributed by atoms with Gasteiger partial charge in [0.2, 0.25) is 15.9 Å². The molecule has 1 aliphatic carbocycles. The monoisotopic (exact) mass is 558 g/mol. The van der Waals surface area contributed by atoms with Crippen molar-refractivity contribution in [2.24, 2.45) is 11.8 Å². The number of aryl methyl sites for hydroxylation is 1. The molecule has 2 aromatic rings. The number of hydrogen-bond acceptors (Lipinski definition) is 7. The van der Waals surface area contributed by atoms with Gasteiger partial charge in [-0.05, 0) is 41.7 Å². The van der Waals surface area contributed by atoms with Crippen molar-refractivity contribution < 1.29 is 18.1 Å². The highest BCUT2D eigenvalue weighted by molar-refractivity contribution is 7.89. The van der Waals surface area contributed by atoms with E-state index in [4.69, 9.17) is 28.9 Å². The molecule has 0 bridgehead atoms. The number of imidazole rings is 1. The summed E-state index contributed by atoms with van der Waals surface area (Å²) in [6.07, 6.45) is 8.10. The van der Waals surface area contributed by atoms with Gasteiger partial charge >= 0.3 is 5.95 Å². The predicted molar refractivity (Wildman–Crippen MR) is 135 cm³/mol. The normalized spacial score (nSPS) is 21.1. The van der Waals surface area contributed by atoms with Gasteiger partial charge in [0.25, 0.3) is 0 Å². The average molecular weight is 559 g/mol. The van der Waals surface area contributed by atoms with Gasteiger partial charge in [0, 0.05) is 19.5 Å². The molecule has 14 heteroatoms. The van der Waals surface area contributed by atoms with E-state index >= 15 is 0 Å². The molecule has 2 fully saturated rings. The topological polar surface area (TPSA) is 153 Å². The van der Waals surface area contributed by atoms with E-state index in [2.05, 4.69) is 9.71 Å². The number of hydrogen-bond donors (Lipinski definition) is 2. The number of carbonyl (C=O) groups excluding carboxylic acids is 1. The highest BCUT2D eigenvalue weighted by Crippen LogP contribution is 2.36. The van der Waals surface area contributed by atoms with Gasteiger partial charge in [0.05, 0.1) is 27.2 Å². The van der Waals surface area contributed by atoms with Crippen LogP contribution in [0.5, 0.6) is 0 Å². The number of nitrogens with zero attached hydrogens (tertiary/aromatic N) is 4. The lowest BCUT2D eigenvalue weighted by Gasteiger charge is -2.42. The number of nitrogens with one attached hydrogen (secondary N) is 1. The molecule has 0 spiro atoms. The largest absolute Gasteiger partial charge is 0.434 e. The second-order valence-electron chi connectivity index (χ2n) is 9.32. The lowest BCUT2D eigenvalue weighted by atomic mass is 9.75. The summed E-state index contributed by atoms with van der Waals surface area (Å²) in [5.41, 5.74) is 5.78. The summed E-state index contributed by atoms with van der Waals surface area (Å²) < 4.78 is 30.2. The summed E-state index contributed by atoms with van der Waals surface area (Å²) in [7, 11) is -4.23. The number of carbonyl (C=O) groups is 1. The summed E-state index contributed by atoms with van der Waals surface area (Å²) in [5.74, 6) is 0.242. The number of likely N-dealkylation sites (tertiary alicyclic amines) is 1. The number of nitrogens with two attached hydrogens (primary N) is 1. The van der Waals surface area contributed by atoms with Crippen LogP contribution < -0.4 is 10.5 Å². The van der Waals surface area contributed by atoms with Crippen molar-refractivity contribution in [2.45, 2.75) is 56.0 Å². The third kappa shape index (κ3) is 5.77. The standard InChI is InChI=1S/C22H28Cl2N6O5S/c23-17-11-16(12-18(24)20(17)25)36(34,35)27-19(6-9-28-10-7-26-22(28)30(32)33)21(31)29-8-5-14-3-1-2-4-15(14)13-29/h7,10-12,14-15,19,27H,1-6,8-9,13,25H2/t14-,15+,19?/m0/s1. The number of piperidine rings is 1. The summed E-state index contributed by atoms with van der Waals surface area (Å²) in [6.45, 7) is 1.13. The minimum Gasteiger partial charge on any atom is -0.396 e. The van der Waals surface area contributed by atoms with Crippen LogP contribution in [0.2, 0.25) is 10.0 Å². The van der Waals surface area contributed by atoms with E-state index in [0.717, 1.165) is 25.7 Å². The van der Waals surface area contributed by atoms with Crippen molar-refractivity contribution in [3.8, 4) is 0 Å². The van der Waals surface area contributed by atoms with Crippen molar-refractivity contribution >= 4 is 50.8 Å². The first-order chi connectivity index (χ1) is 17.1. The molecular formula is C22H28Cl2N6O5S. The van der Waals surface area contributed by atoms with E-state index in [-0.39, 0.29) is 45.4 Å². The number of halogens is 2. The summed E-state index contributed by atoms with van der Waals surface area (Å²) in [5, 5.41) is 11.2. The fraction of sp³-hybridized carbons (Fsp3) is 0.545. The Morgan fingerprint density at radius 1 is 1.22 bits per heavy atom. The van der Waals surface area contributed by atoms with E-state index < -0.39 is 21.0 Å².